The minimum atomic E-state index is 0. The first-order valence-electron chi connectivity index (χ1n) is 9.16. The highest BCUT2D eigenvalue weighted by molar-refractivity contribution is 14.0. The average Bonchev–Trinajstić information content (AvgIpc) is 3.35. The Bertz CT molecular complexity index is 665. The molecule has 0 saturated heterocycles. The van der Waals surface area contributed by atoms with E-state index >= 15 is 0 Å². The molecule has 0 spiro atoms. The molecule has 0 unspecified atom stereocenters. The maximum Gasteiger partial charge on any atom is 0.193 e. The fraction of sp³-hybridized carbons (Fsp3) is 0.579. The molecule has 0 radical (unpaired) electrons. The molecular weight excluding hydrogens is 459 g/mol. The van der Waals surface area contributed by atoms with E-state index in [0.29, 0.717) is 6.04 Å². The van der Waals surface area contributed by atoms with Crippen molar-refractivity contribution in [1.82, 2.24) is 15.2 Å². The van der Waals surface area contributed by atoms with E-state index in [4.69, 9.17) is 9.41 Å². The summed E-state index contributed by atoms with van der Waals surface area (Å²) in [5.41, 5.74) is 0. The highest BCUT2D eigenvalue weighted by atomic mass is 127. The zero-order valence-electron chi connectivity index (χ0n) is 15.6. The highest BCUT2D eigenvalue weighted by Gasteiger charge is 2.18. The average molecular weight is 488 g/mol. The van der Waals surface area contributed by atoms with Gasteiger partial charge in [-0.05, 0) is 31.9 Å². The van der Waals surface area contributed by atoms with Gasteiger partial charge in [-0.1, -0.05) is 12.8 Å². The molecule has 0 atom stereocenters. The maximum absolute atomic E-state index is 5.41. The Morgan fingerprint density at radius 3 is 2.85 bits per heavy atom. The fourth-order valence-corrected chi connectivity index (χ4v) is 3.92. The number of likely N-dealkylation sites (N-methyl/N-ethyl adjacent to an activating group) is 1. The van der Waals surface area contributed by atoms with Gasteiger partial charge in [-0.15, -0.1) is 35.3 Å². The van der Waals surface area contributed by atoms with Crippen LogP contribution in [0, 0.1) is 6.92 Å². The van der Waals surface area contributed by atoms with E-state index in [9.17, 15) is 0 Å². The Labute approximate surface area is 177 Å². The Kier molecular flexibility index (Phi) is 8.90. The molecule has 1 aliphatic rings. The van der Waals surface area contributed by atoms with Crippen LogP contribution in [0.2, 0.25) is 0 Å². The molecule has 0 aromatic carbocycles. The van der Waals surface area contributed by atoms with E-state index in [1.165, 1.54) is 35.6 Å². The van der Waals surface area contributed by atoms with Crippen molar-refractivity contribution in [3.8, 4) is 0 Å². The number of hydrogen-bond acceptors (Lipinski definition) is 4. The first-order chi connectivity index (χ1) is 12.2. The summed E-state index contributed by atoms with van der Waals surface area (Å²) in [6.07, 6.45) is 10.6. The van der Waals surface area contributed by atoms with Crippen LogP contribution < -0.4 is 5.32 Å². The molecule has 5 nitrogen and oxygen atoms in total. The van der Waals surface area contributed by atoms with Crippen molar-refractivity contribution in [2.75, 3.05) is 20.1 Å². The van der Waals surface area contributed by atoms with Crippen LogP contribution >= 0.6 is 35.3 Å². The third-order valence-corrected chi connectivity index (χ3v) is 5.55. The molecule has 1 N–H and O–H groups in total. The number of halogens is 1. The number of guanidine groups is 1. The van der Waals surface area contributed by atoms with Gasteiger partial charge in [-0.3, -0.25) is 4.99 Å². The molecule has 2 aromatic heterocycles. The van der Waals surface area contributed by atoms with Crippen molar-refractivity contribution in [1.29, 1.82) is 0 Å². The van der Waals surface area contributed by atoms with Gasteiger partial charge in [-0.25, -0.2) is 4.98 Å². The van der Waals surface area contributed by atoms with Gasteiger partial charge in [0.2, 0.25) is 0 Å². The zero-order chi connectivity index (χ0) is 17.5. The van der Waals surface area contributed by atoms with Crippen LogP contribution in [0.3, 0.4) is 0 Å². The van der Waals surface area contributed by atoms with Crippen molar-refractivity contribution < 1.29 is 4.42 Å². The first kappa shape index (κ1) is 21.2. The van der Waals surface area contributed by atoms with Crippen molar-refractivity contribution >= 4 is 41.3 Å². The molecule has 0 aliphatic heterocycles. The lowest BCUT2D eigenvalue weighted by atomic mass is 10.2. The third kappa shape index (κ3) is 6.57. The number of aryl methyl sites for hydroxylation is 1. The van der Waals surface area contributed by atoms with Gasteiger partial charge in [-0.2, -0.15) is 0 Å². The zero-order valence-corrected chi connectivity index (χ0v) is 18.8. The lowest BCUT2D eigenvalue weighted by molar-refractivity contribution is 0.462. The number of aliphatic imine (C=N–C) groups is 1. The topological polar surface area (TPSA) is 53.7 Å². The van der Waals surface area contributed by atoms with E-state index in [1.54, 1.807) is 17.6 Å². The molecule has 1 saturated carbocycles. The number of nitrogens with one attached hydrogen (secondary N) is 1. The number of hydrogen-bond donors (Lipinski definition) is 1. The molecule has 3 rings (SSSR count). The quantitative estimate of drug-likeness (QED) is 0.360. The summed E-state index contributed by atoms with van der Waals surface area (Å²) >= 11 is 1.78. The van der Waals surface area contributed by atoms with Gasteiger partial charge in [0.25, 0.3) is 0 Å². The Morgan fingerprint density at radius 1 is 1.38 bits per heavy atom. The minimum Gasteiger partial charge on any atom is -0.469 e. The maximum atomic E-state index is 5.41. The Hall–Kier alpha value is -1.09. The summed E-state index contributed by atoms with van der Waals surface area (Å²) in [6.45, 7) is 3.77. The van der Waals surface area contributed by atoms with Crippen LogP contribution in [0.1, 0.15) is 41.3 Å². The number of aromatic nitrogens is 1. The standard InChI is InChI=1S/C19H28N4OS.HI/c1-15-14-21-18(25-15)10-12-23(2)19(22-16-6-3-4-7-16)20-11-9-17-8-5-13-24-17;/h5,8,13-14,16H,3-4,6-7,9-12H2,1-2H3,(H,20,22);1H. The second kappa shape index (κ2) is 10.9. The van der Waals surface area contributed by atoms with Crippen molar-refractivity contribution in [2.24, 2.45) is 4.99 Å². The molecule has 0 amide bonds. The molecule has 1 fully saturated rings. The lowest BCUT2D eigenvalue weighted by Gasteiger charge is -2.25. The summed E-state index contributed by atoms with van der Waals surface area (Å²) in [6, 6.07) is 4.50. The van der Waals surface area contributed by atoms with E-state index in [2.05, 4.69) is 29.2 Å². The monoisotopic (exact) mass is 488 g/mol. The smallest absolute Gasteiger partial charge is 0.193 e. The molecular formula is C19H29IN4OS. The normalized spacial score (nSPS) is 15.1. The Balaban J connectivity index is 0.00000243. The van der Waals surface area contributed by atoms with Gasteiger partial charge in [0, 0.05) is 50.1 Å². The molecule has 26 heavy (non-hydrogen) atoms. The second-order valence-corrected chi connectivity index (χ2v) is 8.02. The summed E-state index contributed by atoms with van der Waals surface area (Å²) < 4.78 is 5.41. The number of rotatable bonds is 7. The highest BCUT2D eigenvalue weighted by Crippen LogP contribution is 2.18. The largest absolute Gasteiger partial charge is 0.469 e. The van der Waals surface area contributed by atoms with Gasteiger partial charge >= 0.3 is 0 Å². The van der Waals surface area contributed by atoms with E-state index < -0.39 is 0 Å². The van der Waals surface area contributed by atoms with Crippen LogP contribution in [0.25, 0.3) is 0 Å². The third-order valence-electron chi connectivity index (χ3n) is 4.58. The van der Waals surface area contributed by atoms with E-state index in [0.717, 1.165) is 37.7 Å². The van der Waals surface area contributed by atoms with Gasteiger partial charge < -0.3 is 14.6 Å². The van der Waals surface area contributed by atoms with E-state index in [1.807, 2.05) is 18.3 Å². The van der Waals surface area contributed by atoms with Crippen molar-refractivity contribution in [3.63, 3.8) is 0 Å². The van der Waals surface area contributed by atoms with Crippen molar-refractivity contribution in [3.05, 3.63) is 40.2 Å². The first-order valence-corrected chi connectivity index (χ1v) is 9.98. The van der Waals surface area contributed by atoms with Gasteiger partial charge in [0.05, 0.1) is 11.3 Å². The number of nitrogens with zero attached hydrogens (tertiary/aromatic N) is 3. The van der Waals surface area contributed by atoms with Gasteiger partial charge in [0.1, 0.15) is 5.76 Å². The van der Waals surface area contributed by atoms with Crippen LogP contribution in [0.5, 0.6) is 0 Å². The van der Waals surface area contributed by atoms with Gasteiger partial charge in [0.15, 0.2) is 5.96 Å². The second-order valence-electron chi connectivity index (χ2n) is 6.70. The van der Waals surface area contributed by atoms with Crippen LogP contribution in [-0.2, 0) is 12.8 Å². The Morgan fingerprint density at radius 2 is 2.19 bits per heavy atom. The summed E-state index contributed by atoms with van der Waals surface area (Å²) in [5.74, 6) is 2.00. The summed E-state index contributed by atoms with van der Waals surface area (Å²) in [7, 11) is 2.12. The molecule has 1 aliphatic carbocycles. The summed E-state index contributed by atoms with van der Waals surface area (Å²) in [5, 5.41) is 4.86. The molecule has 2 aromatic rings. The van der Waals surface area contributed by atoms with Crippen LogP contribution in [0.15, 0.2) is 34.0 Å². The molecule has 7 heteroatoms. The van der Waals surface area contributed by atoms with Crippen LogP contribution in [-0.4, -0.2) is 42.0 Å². The SMILES string of the molecule is Cc1cnc(CCN(C)C(=NCCc2ccco2)NC2CCCC2)s1.I. The number of thiazole rings is 1. The van der Waals surface area contributed by atoms with Crippen molar-refractivity contribution in [2.45, 2.75) is 51.5 Å². The lowest BCUT2D eigenvalue weighted by Crippen LogP contribution is -2.44. The predicted molar refractivity (Wildman–Crippen MR) is 119 cm³/mol. The number of furan rings is 1. The minimum absolute atomic E-state index is 0. The van der Waals surface area contributed by atoms with Crippen LogP contribution in [0.4, 0.5) is 0 Å². The molecule has 144 valence electrons. The summed E-state index contributed by atoms with van der Waals surface area (Å²) in [4.78, 5) is 12.8. The molecule has 2 heterocycles. The fourth-order valence-electron chi connectivity index (χ4n) is 3.14. The predicted octanol–water partition coefficient (Wildman–Crippen LogP) is 4.27. The molecule has 0 bridgehead atoms. The van der Waals surface area contributed by atoms with E-state index in [-0.39, 0.29) is 24.0 Å².